The molecule has 2 unspecified atom stereocenters. The number of hydrogen-bond donors (Lipinski definition) is 0. The van der Waals surface area contributed by atoms with Crippen LogP contribution in [0.3, 0.4) is 0 Å². The average molecular weight is 603 g/mol. The van der Waals surface area contributed by atoms with Crippen LogP contribution >= 0.6 is 0 Å². The molecule has 2 aromatic carbocycles. The maximum Gasteiger partial charge on any atom is 0.0805 e. The fourth-order valence-electron chi connectivity index (χ4n) is 7.75. The molecule has 2 nitrogen and oxygen atoms in total. The number of hydrogen-bond acceptors (Lipinski definition) is 2. The van der Waals surface area contributed by atoms with E-state index in [-0.39, 0.29) is 12.2 Å². The second kappa shape index (κ2) is 19.8. The monoisotopic (exact) mass is 603 g/mol. The standard InChI is InChI=1S/C42H66O2/c1-5-7-9-11-35-13-21-39(22-14-35)41-25-17-37(18-26-41)29-31-43-33(3)34(4)44-32-30-38-19-27-42(28-20-38)40-23-15-36(16-24-40)12-10-8-6-2/h13-16,21-24,33-34,37-38,41-42H,5-12,17-20,25-32H2,1-4H3. The highest BCUT2D eigenvalue weighted by Crippen LogP contribution is 2.38. The van der Waals surface area contributed by atoms with E-state index >= 15 is 0 Å². The summed E-state index contributed by atoms with van der Waals surface area (Å²) in [5.74, 6) is 3.15. The minimum Gasteiger partial charge on any atom is -0.376 e. The van der Waals surface area contributed by atoms with E-state index in [0.717, 1.165) is 36.9 Å². The molecule has 2 saturated carbocycles. The lowest BCUT2D eigenvalue weighted by molar-refractivity contribution is -0.0628. The highest BCUT2D eigenvalue weighted by molar-refractivity contribution is 5.27. The van der Waals surface area contributed by atoms with Crippen LogP contribution in [0, 0.1) is 11.8 Å². The molecule has 0 aliphatic heterocycles. The molecule has 4 rings (SSSR count). The van der Waals surface area contributed by atoms with Crippen molar-refractivity contribution < 1.29 is 9.47 Å². The predicted octanol–water partition coefficient (Wildman–Crippen LogP) is 12.0. The number of aryl methyl sites for hydroxylation is 2. The van der Waals surface area contributed by atoms with E-state index in [4.69, 9.17) is 9.47 Å². The summed E-state index contributed by atoms with van der Waals surface area (Å²) in [4.78, 5) is 0. The zero-order valence-corrected chi connectivity index (χ0v) is 29.0. The van der Waals surface area contributed by atoms with E-state index < -0.39 is 0 Å². The van der Waals surface area contributed by atoms with Gasteiger partial charge < -0.3 is 9.47 Å². The summed E-state index contributed by atoms with van der Waals surface area (Å²) in [5.41, 5.74) is 6.15. The van der Waals surface area contributed by atoms with Crippen molar-refractivity contribution >= 4 is 0 Å². The van der Waals surface area contributed by atoms with Gasteiger partial charge in [-0.2, -0.15) is 0 Å². The van der Waals surface area contributed by atoms with Crippen molar-refractivity contribution in [2.45, 2.75) is 167 Å². The molecule has 0 amide bonds. The van der Waals surface area contributed by atoms with E-state index in [1.807, 2.05) is 0 Å². The zero-order chi connectivity index (χ0) is 31.0. The van der Waals surface area contributed by atoms with Gasteiger partial charge in [0.1, 0.15) is 0 Å². The number of rotatable bonds is 19. The Bertz CT molecular complexity index is 912. The molecule has 0 spiro atoms. The van der Waals surface area contributed by atoms with Gasteiger partial charge >= 0.3 is 0 Å². The van der Waals surface area contributed by atoms with Gasteiger partial charge in [-0.15, -0.1) is 0 Å². The molecule has 0 N–H and O–H groups in total. The Morgan fingerprint density at radius 1 is 0.523 bits per heavy atom. The van der Waals surface area contributed by atoms with Crippen molar-refractivity contribution in [1.82, 2.24) is 0 Å². The van der Waals surface area contributed by atoms with E-state index in [1.54, 1.807) is 11.1 Å². The molecule has 2 aromatic rings. The number of ether oxygens (including phenoxy) is 2. The van der Waals surface area contributed by atoms with Crippen molar-refractivity contribution in [3.63, 3.8) is 0 Å². The summed E-state index contributed by atoms with van der Waals surface area (Å²) in [7, 11) is 0. The van der Waals surface area contributed by atoms with Crippen molar-refractivity contribution in [2.24, 2.45) is 11.8 Å². The fourth-order valence-corrected chi connectivity index (χ4v) is 7.75. The van der Waals surface area contributed by atoms with Gasteiger partial charge in [0.2, 0.25) is 0 Å². The number of unbranched alkanes of at least 4 members (excludes halogenated alkanes) is 4. The van der Waals surface area contributed by atoms with E-state index in [2.05, 4.69) is 76.2 Å². The normalized spacial score (nSPS) is 23.8. The first-order valence-corrected chi connectivity index (χ1v) is 19.0. The van der Waals surface area contributed by atoms with Gasteiger partial charge in [0.05, 0.1) is 12.2 Å². The zero-order valence-electron chi connectivity index (χ0n) is 29.0. The first-order valence-electron chi connectivity index (χ1n) is 19.0. The smallest absolute Gasteiger partial charge is 0.0805 e. The van der Waals surface area contributed by atoms with Crippen LogP contribution in [0.15, 0.2) is 48.5 Å². The van der Waals surface area contributed by atoms with Crippen LogP contribution in [0.1, 0.15) is 165 Å². The molecule has 2 atom stereocenters. The summed E-state index contributed by atoms with van der Waals surface area (Å²) in [6.45, 7) is 10.7. The van der Waals surface area contributed by atoms with Gasteiger partial charge in [0, 0.05) is 13.2 Å². The quantitative estimate of drug-likeness (QED) is 0.149. The molecule has 44 heavy (non-hydrogen) atoms. The maximum atomic E-state index is 6.29. The first kappa shape index (κ1) is 35.2. The minimum atomic E-state index is 0.169. The van der Waals surface area contributed by atoms with Crippen LogP contribution in [0.5, 0.6) is 0 Å². The summed E-state index contributed by atoms with van der Waals surface area (Å²) in [5, 5.41) is 0. The topological polar surface area (TPSA) is 18.5 Å². The minimum absolute atomic E-state index is 0.169. The van der Waals surface area contributed by atoms with E-state index in [1.165, 1.54) is 127 Å². The van der Waals surface area contributed by atoms with Crippen LogP contribution < -0.4 is 0 Å². The largest absolute Gasteiger partial charge is 0.376 e. The molecule has 0 radical (unpaired) electrons. The lowest BCUT2D eigenvalue weighted by Gasteiger charge is -2.30. The van der Waals surface area contributed by atoms with E-state index in [0.29, 0.717) is 0 Å². The third-order valence-electron chi connectivity index (χ3n) is 11.2. The third-order valence-corrected chi connectivity index (χ3v) is 11.2. The van der Waals surface area contributed by atoms with Crippen LogP contribution in [-0.4, -0.2) is 25.4 Å². The highest BCUT2D eigenvalue weighted by atomic mass is 16.5. The van der Waals surface area contributed by atoms with Gasteiger partial charge in [-0.1, -0.05) is 88.1 Å². The molecule has 2 aliphatic rings. The Balaban J connectivity index is 1.03. The molecule has 2 heteroatoms. The van der Waals surface area contributed by atoms with E-state index in [9.17, 15) is 0 Å². The molecular weight excluding hydrogens is 536 g/mol. The van der Waals surface area contributed by atoms with Crippen LogP contribution in [0.25, 0.3) is 0 Å². The lowest BCUT2D eigenvalue weighted by Crippen LogP contribution is -2.28. The third kappa shape index (κ3) is 11.9. The fraction of sp³-hybridized carbons (Fsp3) is 0.714. The van der Waals surface area contributed by atoms with Crippen molar-refractivity contribution in [2.75, 3.05) is 13.2 Å². The maximum absolute atomic E-state index is 6.29. The van der Waals surface area contributed by atoms with Crippen LogP contribution in [-0.2, 0) is 22.3 Å². The number of benzene rings is 2. The van der Waals surface area contributed by atoms with Gasteiger partial charge in [-0.3, -0.25) is 0 Å². The Morgan fingerprint density at radius 3 is 1.23 bits per heavy atom. The predicted molar refractivity (Wildman–Crippen MR) is 189 cm³/mol. The summed E-state index contributed by atoms with van der Waals surface area (Å²) >= 11 is 0. The lowest BCUT2D eigenvalue weighted by atomic mass is 9.77. The Kier molecular flexibility index (Phi) is 15.8. The second-order valence-electron chi connectivity index (χ2n) is 14.6. The Hall–Kier alpha value is -1.64. The van der Waals surface area contributed by atoms with Gasteiger partial charge in [-0.05, 0) is 150 Å². The van der Waals surface area contributed by atoms with Crippen LogP contribution in [0.2, 0.25) is 0 Å². The second-order valence-corrected chi connectivity index (χ2v) is 14.6. The molecular formula is C42H66O2. The van der Waals surface area contributed by atoms with Crippen molar-refractivity contribution in [1.29, 1.82) is 0 Å². The molecule has 0 saturated heterocycles. The molecule has 2 fully saturated rings. The summed E-state index contributed by atoms with van der Waals surface area (Å²) < 4.78 is 12.6. The summed E-state index contributed by atoms with van der Waals surface area (Å²) in [6, 6.07) is 19.2. The molecule has 2 aliphatic carbocycles. The molecule has 0 bridgehead atoms. The average Bonchev–Trinajstić information content (AvgIpc) is 3.06. The van der Waals surface area contributed by atoms with Crippen molar-refractivity contribution in [3.8, 4) is 0 Å². The van der Waals surface area contributed by atoms with Gasteiger partial charge in [0.25, 0.3) is 0 Å². The van der Waals surface area contributed by atoms with Gasteiger partial charge in [0.15, 0.2) is 0 Å². The Labute approximate surface area is 272 Å². The molecule has 0 heterocycles. The Morgan fingerprint density at radius 2 is 0.886 bits per heavy atom. The molecule has 246 valence electrons. The molecule has 0 aromatic heterocycles. The highest BCUT2D eigenvalue weighted by Gasteiger charge is 2.24. The first-order chi connectivity index (χ1) is 21.6. The van der Waals surface area contributed by atoms with Crippen LogP contribution in [0.4, 0.5) is 0 Å². The SMILES string of the molecule is CCCCCc1ccc(C2CCC(CCOC(C)C(C)OCCC3CCC(c4ccc(CCCCC)cc4)CC3)CC2)cc1. The van der Waals surface area contributed by atoms with Gasteiger partial charge in [-0.25, -0.2) is 0 Å². The van der Waals surface area contributed by atoms with Crippen molar-refractivity contribution in [3.05, 3.63) is 70.8 Å². The summed E-state index contributed by atoms with van der Waals surface area (Å²) in [6.07, 6.45) is 23.9.